The molecule has 1 saturated heterocycles. The van der Waals surface area contributed by atoms with Crippen molar-refractivity contribution in [1.82, 2.24) is 19.0 Å². The van der Waals surface area contributed by atoms with Crippen molar-refractivity contribution in [3.05, 3.63) is 68.6 Å². The summed E-state index contributed by atoms with van der Waals surface area (Å²) in [5.74, 6) is 0.707. The van der Waals surface area contributed by atoms with Gasteiger partial charge in [-0.3, -0.25) is 19.0 Å². The Morgan fingerprint density at radius 2 is 1.85 bits per heavy atom. The van der Waals surface area contributed by atoms with Crippen molar-refractivity contribution >= 4 is 16.8 Å². The zero-order valence-corrected chi connectivity index (χ0v) is 19.0. The van der Waals surface area contributed by atoms with Crippen molar-refractivity contribution < 1.29 is 9.53 Å². The molecule has 0 spiro atoms. The van der Waals surface area contributed by atoms with Gasteiger partial charge in [-0.05, 0) is 37.8 Å². The van der Waals surface area contributed by atoms with Gasteiger partial charge < -0.3 is 14.2 Å². The fourth-order valence-electron chi connectivity index (χ4n) is 5.29. The number of hydrogen-bond acceptors (Lipinski definition) is 5. The summed E-state index contributed by atoms with van der Waals surface area (Å²) >= 11 is 0. The minimum absolute atomic E-state index is 0.0264. The first kappa shape index (κ1) is 21.4. The number of hydrogen-bond donors (Lipinski definition) is 0. The largest absolute Gasteiger partial charge is 0.496 e. The predicted octanol–water partition coefficient (Wildman–Crippen LogP) is 3.20. The number of methoxy groups -OCH3 is 1. The molecule has 1 amide bonds. The van der Waals surface area contributed by atoms with E-state index in [1.54, 1.807) is 11.9 Å². The van der Waals surface area contributed by atoms with E-state index in [1.165, 1.54) is 23.9 Å². The number of benzene rings is 1. The van der Waals surface area contributed by atoms with Gasteiger partial charge in [0.25, 0.3) is 17.0 Å². The van der Waals surface area contributed by atoms with E-state index in [1.807, 2.05) is 28.8 Å². The SMILES string of the molecule is COc1cc(=O)n(C)cc1C(=O)N1CCCC1c1nc2ccccc2c(=O)n1C1CCCC1. The highest BCUT2D eigenvalue weighted by molar-refractivity contribution is 5.97. The second-order valence-corrected chi connectivity index (χ2v) is 8.96. The average molecular weight is 449 g/mol. The van der Waals surface area contributed by atoms with Crippen LogP contribution in [0.3, 0.4) is 0 Å². The number of carbonyl (C=O) groups is 1. The fraction of sp³-hybridized carbons (Fsp3) is 0.440. The summed E-state index contributed by atoms with van der Waals surface area (Å²) in [7, 11) is 3.07. The summed E-state index contributed by atoms with van der Waals surface area (Å²) in [6.45, 7) is 0.558. The molecule has 1 aromatic carbocycles. The van der Waals surface area contributed by atoms with Gasteiger partial charge in [0.15, 0.2) is 0 Å². The maximum atomic E-state index is 13.7. The second-order valence-electron chi connectivity index (χ2n) is 8.96. The molecule has 0 radical (unpaired) electrons. The Morgan fingerprint density at radius 1 is 1.09 bits per heavy atom. The quantitative estimate of drug-likeness (QED) is 0.612. The van der Waals surface area contributed by atoms with Crippen molar-refractivity contribution in [2.45, 2.75) is 50.6 Å². The van der Waals surface area contributed by atoms with E-state index in [2.05, 4.69) is 0 Å². The normalized spacial score (nSPS) is 18.8. The number of carbonyl (C=O) groups excluding carboxylic acids is 1. The molecule has 8 heteroatoms. The zero-order chi connectivity index (χ0) is 23.1. The number of rotatable bonds is 4. The number of fused-ring (bicyclic) bond motifs is 1. The molecule has 2 fully saturated rings. The fourth-order valence-corrected chi connectivity index (χ4v) is 5.29. The Labute approximate surface area is 191 Å². The maximum Gasteiger partial charge on any atom is 0.261 e. The molecule has 1 aliphatic heterocycles. The highest BCUT2D eigenvalue weighted by Crippen LogP contribution is 2.37. The van der Waals surface area contributed by atoms with Crippen LogP contribution >= 0.6 is 0 Å². The Balaban J connectivity index is 1.63. The number of aromatic nitrogens is 3. The van der Waals surface area contributed by atoms with Crippen molar-refractivity contribution in [3.63, 3.8) is 0 Å². The molecule has 8 nitrogen and oxygen atoms in total. The Morgan fingerprint density at radius 3 is 2.61 bits per heavy atom. The number of para-hydroxylation sites is 1. The summed E-state index contributed by atoms with van der Waals surface area (Å²) in [5.41, 5.74) is 0.724. The maximum absolute atomic E-state index is 13.7. The van der Waals surface area contributed by atoms with E-state index in [-0.39, 0.29) is 34.9 Å². The van der Waals surface area contributed by atoms with E-state index < -0.39 is 0 Å². The first-order chi connectivity index (χ1) is 16.0. The number of aryl methyl sites for hydroxylation is 1. The first-order valence-electron chi connectivity index (χ1n) is 11.6. The predicted molar refractivity (Wildman–Crippen MR) is 125 cm³/mol. The van der Waals surface area contributed by atoms with Gasteiger partial charge in [-0.1, -0.05) is 25.0 Å². The van der Waals surface area contributed by atoms with Gasteiger partial charge in [0, 0.05) is 31.9 Å². The smallest absolute Gasteiger partial charge is 0.261 e. The Kier molecular flexibility index (Phi) is 5.52. The minimum Gasteiger partial charge on any atom is -0.496 e. The highest BCUT2D eigenvalue weighted by atomic mass is 16.5. The van der Waals surface area contributed by atoms with Crippen molar-refractivity contribution in [2.75, 3.05) is 13.7 Å². The lowest BCUT2D eigenvalue weighted by Crippen LogP contribution is -2.37. The van der Waals surface area contributed by atoms with Gasteiger partial charge in [0.2, 0.25) is 0 Å². The van der Waals surface area contributed by atoms with Gasteiger partial charge >= 0.3 is 0 Å². The Bertz CT molecular complexity index is 1340. The summed E-state index contributed by atoms with van der Waals surface area (Å²) in [6.07, 6.45) is 7.15. The van der Waals surface area contributed by atoms with Gasteiger partial charge in [-0.2, -0.15) is 0 Å². The molecule has 3 aromatic rings. The van der Waals surface area contributed by atoms with Crippen molar-refractivity contribution in [3.8, 4) is 5.75 Å². The summed E-state index contributed by atoms with van der Waals surface area (Å²) in [5, 5.41) is 0.615. The van der Waals surface area contributed by atoms with Crippen LogP contribution in [0.1, 0.15) is 66.8 Å². The van der Waals surface area contributed by atoms with Gasteiger partial charge in [-0.15, -0.1) is 0 Å². The third-order valence-electron chi connectivity index (χ3n) is 6.98. The van der Waals surface area contributed by atoms with Gasteiger partial charge in [-0.25, -0.2) is 4.98 Å². The molecule has 0 bridgehead atoms. The summed E-state index contributed by atoms with van der Waals surface area (Å²) in [4.78, 5) is 46.0. The highest BCUT2D eigenvalue weighted by Gasteiger charge is 2.37. The van der Waals surface area contributed by atoms with E-state index in [0.29, 0.717) is 28.8 Å². The monoisotopic (exact) mass is 448 g/mol. The molecular formula is C25H28N4O4. The third-order valence-corrected chi connectivity index (χ3v) is 6.98. The second kappa shape index (κ2) is 8.50. The van der Waals surface area contributed by atoms with Crippen LogP contribution in [0, 0.1) is 0 Å². The Hall–Kier alpha value is -3.42. The molecular weight excluding hydrogens is 420 g/mol. The number of likely N-dealkylation sites (tertiary alicyclic amines) is 1. The molecule has 3 heterocycles. The van der Waals surface area contributed by atoms with Crippen molar-refractivity contribution in [2.24, 2.45) is 7.05 Å². The lowest BCUT2D eigenvalue weighted by atomic mass is 10.1. The van der Waals surface area contributed by atoms with Crippen LogP contribution in [-0.4, -0.2) is 38.6 Å². The van der Waals surface area contributed by atoms with Gasteiger partial charge in [0.05, 0.1) is 29.6 Å². The average Bonchev–Trinajstić information content (AvgIpc) is 3.52. The molecule has 1 atom stereocenters. The molecule has 2 aliphatic rings. The van der Waals surface area contributed by atoms with Crippen LogP contribution in [0.2, 0.25) is 0 Å². The van der Waals surface area contributed by atoms with E-state index in [4.69, 9.17) is 9.72 Å². The molecule has 1 unspecified atom stereocenters. The topological polar surface area (TPSA) is 86.4 Å². The van der Waals surface area contributed by atoms with Crippen LogP contribution in [0.15, 0.2) is 46.1 Å². The van der Waals surface area contributed by atoms with E-state index in [9.17, 15) is 14.4 Å². The number of ether oxygens (including phenoxy) is 1. The van der Waals surface area contributed by atoms with Crippen LogP contribution in [0.25, 0.3) is 10.9 Å². The van der Waals surface area contributed by atoms with Crippen LogP contribution in [0.4, 0.5) is 0 Å². The van der Waals surface area contributed by atoms with E-state index in [0.717, 1.165) is 38.5 Å². The summed E-state index contributed by atoms with van der Waals surface area (Å²) < 4.78 is 8.60. The van der Waals surface area contributed by atoms with E-state index >= 15 is 0 Å². The lowest BCUT2D eigenvalue weighted by molar-refractivity contribution is 0.0720. The molecule has 172 valence electrons. The number of pyridine rings is 1. The molecule has 1 aliphatic carbocycles. The third kappa shape index (κ3) is 3.63. The number of amides is 1. The summed E-state index contributed by atoms with van der Waals surface area (Å²) in [6, 6.07) is 8.56. The van der Waals surface area contributed by atoms with Gasteiger partial charge in [0.1, 0.15) is 11.6 Å². The number of nitrogens with zero attached hydrogens (tertiary/aromatic N) is 4. The van der Waals surface area contributed by atoms with Crippen molar-refractivity contribution in [1.29, 1.82) is 0 Å². The minimum atomic E-state index is -0.308. The molecule has 5 rings (SSSR count). The standard InChI is InChI=1S/C25H28N4O4/c1-27-15-18(21(33-2)14-22(27)30)24(31)28-13-7-12-20(28)23-26-19-11-6-5-10-17(19)25(32)29(23)16-8-3-4-9-16/h5-6,10-11,14-16,20H,3-4,7-9,12-13H2,1-2H3. The van der Waals surface area contributed by atoms with Crippen LogP contribution < -0.4 is 15.9 Å². The molecule has 2 aromatic heterocycles. The molecule has 0 N–H and O–H groups in total. The van der Waals surface area contributed by atoms with Crippen LogP contribution in [-0.2, 0) is 7.05 Å². The molecule has 33 heavy (non-hydrogen) atoms. The first-order valence-corrected chi connectivity index (χ1v) is 11.6. The molecule has 1 saturated carbocycles. The zero-order valence-electron chi connectivity index (χ0n) is 19.0. The lowest BCUT2D eigenvalue weighted by Gasteiger charge is -2.29. The van der Waals surface area contributed by atoms with Crippen LogP contribution in [0.5, 0.6) is 5.75 Å².